The highest BCUT2D eigenvalue weighted by molar-refractivity contribution is 5.90. The first kappa shape index (κ1) is 16.5. The number of benzene rings is 1. The van der Waals surface area contributed by atoms with Gasteiger partial charge in [-0.1, -0.05) is 18.2 Å². The molecule has 4 rings (SSSR count). The molecule has 1 aliphatic rings. The van der Waals surface area contributed by atoms with E-state index in [1.165, 1.54) is 10.9 Å². The number of nitrogens with two attached hydrogens (primary N) is 1. The minimum absolute atomic E-state index is 0.188. The highest BCUT2D eigenvalue weighted by atomic mass is 16.1. The summed E-state index contributed by atoms with van der Waals surface area (Å²) in [6.45, 7) is 4.49. The van der Waals surface area contributed by atoms with Crippen molar-refractivity contribution >= 4 is 22.6 Å². The van der Waals surface area contributed by atoms with Crippen LogP contribution in [0.4, 0.5) is 5.82 Å². The molecule has 0 atom stereocenters. The molecule has 3 aromatic rings. The van der Waals surface area contributed by atoms with Gasteiger partial charge in [0.25, 0.3) is 5.91 Å². The van der Waals surface area contributed by atoms with Gasteiger partial charge in [-0.2, -0.15) is 0 Å². The average Bonchev–Trinajstić information content (AvgIpc) is 2.69. The highest BCUT2D eigenvalue weighted by Gasteiger charge is 2.19. The topological polar surface area (TPSA) is 75.4 Å². The lowest BCUT2D eigenvalue weighted by Crippen LogP contribution is -2.46. The standard InChI is InChI=1S/C20H20N5O/c21-20(26)18-7-2-8-19(23-18)25-12-10-24(11-13-25)14-15-4-1-6-17-16(15)5-3-9-22-17/h1-6,8-9H,10-14H2,(H2,21,26). The second-order valence-electron chi connectivity index (χ2n) is 6.41. The monoisotopic (exact) mass is 346 g/mol. The van der Waals surface area contributed by atoms with Crippen LogP contribution in [0, 0.1) is 6.07 Å². The quantitative estimate of drug-likeness (QED) is 0.780. The molecule has 1 aromatic carbocycles. The number of anilines is 1. The Bertz CT molecular complexity index is 929. The number of primary amides is 1. The van der Waals surface area contributed by atoms with E-state index in [9.17, 15) is 4.79 Å². The number of nitrogens with zero attached hydrogens (tertiary/aromatic N) is 4. The number of rotatable bonds is 4. The molecule has 1 radical (unpaired) electrons. The Kier molecular flexibility index (Phi) is 4.50. The second-order valence-corrected chi connectivity index (χ2v) is 6.41. The summed E-state index contributed by atoms with van der Waals surface area (Å²) < 4.78 is 0. The maximum atomic E-state index is 11.3. The van der Waals surface area contributed by atoms with Crippen molar-refractivity contribution in [2.45, 2.75) is 6.54 Å². The number of carbonyl (C=O) groups is 1. The highest BCUT2D eigenvalue weighted by Crippen LogP contribution is 2.20. The summed E-state index contributed by atoms with van der Waals surface area (Å²) in [7, 11) is 0. The van der Waals surface area contributed by atoms with E-state index in [2.05, 4.69) is 44.0 Å². The van der Waals surface area contributed by atoms with Crippen LogP contribution in [0.3, 0.4) is 0 Å². The zero-order valence-electron chi connectivity index (χ0n) is 14.4. The number of hydrogen-bond donors (Lipinski definition) is 1. The van der Waals surface area contributed by atoms with Crippen LogP contribution >= 0.6 is 0 Å². The predicted octanol–water partition coefficient (Wildman–Crippen LogP) is 1.85. The first-order valence-electron chi connectivity index (χ1n) is 8.69. The summed E-state index contributed by atoms with van der Waals surface area (Å²) in [6.07, 6.45) is 1.83. The van der Waals surface area contributed by atoms with E-state index >= 15 is 0 Å². The van der Waals surface area contributed by atoms with Crippen molar-refractivity contribution in [1.29, 1.82) is 0 Å². The summed E-state index contributed by atoms with van der Waals surface area (Å²) in [5.41, 5.74) is 7.82. The summed E-state index contributed by atoms with van der Waals surface area (Å²) in [4.78, 5) is 24.7. The summed E-state index contributed by atoms with van der Waals surface area (Å²) in [6, 6.07) is 16.8. The Labute approximate surface area is 152 Å². The summed E-state index contributed by atoms with van der Waals surface area (Å²) >= 11 is 0. The fourth-order valence-corrected chi connectivity index (χ4v) is 3.36. The lowest BCUT2D eigenvalue weighted by molar-refractivity contribution is 0.0995. The van der Waals surface area contributed by atoms with E-state index in [1.54, 1.807) is 6.07 Å². The normalized spacial score (nSPS) is 15.3. The van der Waals surface area contributed by atoms with E-state index in [0.29, 0.717) is 0 Å². The second kappa shape index (κ2) is 7.09. The summed E-state index contributed by atoms with van der Waals surface area (Å²) in [5.74, 6) is 0.238. The van der Waals surface area contributed by atoms with Gasteiger partial charge in [0.05, 0.1) is 5.52 Å². The number of fused-ring (bicyclic) bond motifs is 1. The van der Waals surface area contributed by atoms with Gasteiger partial charge in [-0.15, -0.1) is 0 Å². The van der Waals surface area contributed by atoms with Crippen LogP contribution in [0.2, 0.25) is 0 Å². The van der Waals surface area contributed by atoms with Crippen molar-refractivity contribution in [2.75, 3.05) is 31.1 Å². The van der Waals surface area contributed by atoms with Crippen LogP contribution in [0.25, 0.3) is 10.9 Å². The van der Waals surface area contributed by atoms with Gasteiger partial charge in [-0.3, -0.25) is 14.7 Å². The third kappa shape index (κ3) is 3.36. The van der Waals surface area contributed by atoms with Gasteiger partial charge in [0.15, 0.2) is 0 Å². The molecule has 0 spiro atoms. The van der Waals surface area contributed by atoms with E-state index in [-0.39, 0.29) is 5.69 Å². The Hall–Kier alpha value is -2.99. The molecule has 1 saturated heterocycles. The molecule has 0 aliphatic carbocycles. The van der Waals surface area contributed by atoms with Gasteiger partial charge in [0, 0.05) is 50.4 Å². The van der Waals surface area contributed by atoms with Crippen molar-refractivity contribution in [2.24, 2.45) is 5.73 Å². The first-order valence-corrected chi connectivity index (χ1v) is 8.69. The van der Waals surface area contributed by atoms with Gasteiger partial charge in [-0.25, -0.2) is 4.98 Å². The van der Waals surface area contributed by atoms with Gasteiger partial charge >= 0.3 is 0 Å². The molecule has 1 amide bonds. The number of hydrogen-bond acceptors (Lipinski definition) is 5. The van der Waals surface area contributed by atoms with Crippen molar-refractivity contribution < 1.29 is 4.79 Å². The summed E-state index contributed by atoms with van der Waals surface area (Å²) in [5, 5.41) is 1.21. The van der Waals surface area contributed by atoms with Gasteiger partial charge in [0.1, 0.15) is 11.5 Å². The van der Waals surface area contributed by atoms with Crippen molar-refractivity contribution in [3.63, 3.8) is 0 Å². The SMILES string of the molecule is NC(=O)c1[c]ccc(N2CCN(Cc3cccc4ncccc34)CC2)n1. The molecule has 26 heavy (non-hydrogen) atoms. The maximum Gasteiger partial charge on any atom is 0.268 e. The Morgan fingerprint density at radius 3 is 2.77 bits per heavy atom. The third-order valence-corrected chi connectivity index (χ3v) is 4.74. The molecule has 131 valence electrons. The number of carbonyl (C=O) groups excluding carboxylic acids is 1. The van der Waals surface area contributed by atoms with Gasteiger partial charge in [0.2, 0.25) is 0 Å². The van der Waals surface area contributed by atoms with E-state index < -0.39 is 5.91 Å². The Morgan fingerprint density at radius 1 is 1.12 bits per heavy atom. The number of pyridine rings is 2. The molecule has 6 heteroatoms. The average molecular weight is 346 g/mol. The van der Waals surface area contributed by atoms with Crippen LogP contribution in [0.1, 0.15) is 16.1 Å². The van der Waals surface area contributed by atoms with Crippen molar-refractivity contribution in [1.82, 2.24) is 14.9 Å². The maximum absolute atomic E-state index is 11.3. The Morgan fingerprint density at radius 2 is 1.96 bits per heavy atom. The van der Waals surface area contributed by atoms with Crippen molar-refractivity contribution in [3.8, 4) is 0 Å². The van der Waals surface area contributed by atoms with E-state index in [1.807, 2.05) is 24.4 Å². The molecule has 2 N–H and O–H groups in total. The molecule has 3 heterocycles. The fraction of sp³-hybridized carbons (Fsp3) is 0.250. The zero-order valence-corrected chi connectivity index (χ0v) is 14.4. The molecule has 1 fully saturated rings. The van der Waals surface area contributed by atoms with Crippen LogP contribution in [-0.2, 0) is 6.54 Å². The Balaban J connectivity index is 1.44. The molecular weight excluding hydrogens is 326 g/mol. The molecular formula is C20H20N5O. The van der Waals surface area contributed by atoms with Crippen LogP contribution in [0.15, 0.2) is 48.7 Å². The predicted molar refractivity (Wildman–Crippen MR) is 101 cm³/mol. The fourth-order valence-electron chi connectivity index (χ4n) is 3.36. The van der Waals surface area contributed by atoms with Crippen LogP contribution in [-0.4, -0.2) is 47.0 Å². The minimum atomic E-state index is -0.546. The van der Waals surface area contributed by atoms with Crippen LogP contribution < -0.4 is 10.6 Å². The minimum Gasteiger partial charge on any atom is -0.364 e. The molecule has 1 aliphatic heterocycles. The van der Waals surface area contributed by atoms with Gasteiger partial charge in [-0.05, 0) is 29.8 Å². The lowest BCUT2D eigenvalue weighted by Gasteiger charge is -2.35. The smallest absolute Gasteiger partial charge is 0.268 e. The van der Waals surface area contributed by atoms with E-state index in [0.717, 1.165) is 44.1 Å². The van der Waals surface area contributed by atoms with E-state index in [4.69, 9.17) is 5.73 Å². The molecule has 0 bridgehead atoms. The molecule has 0 saturated carbocycles. The first-order chi connectivity index (χ1) is 12.7. The molecule has 6 nitrogen and oxygen atoms in total. The van der Waals surface area contributed by atoms with Gasteiger partial charge < -0.3 is 10.6 Å². The number of piperazine rings is 1. The largest absolute Gasteiger partial charge is 0.364 e. The number of amides is 1. The molecule has 2 aromatic heterocycles. The van der Waals surface area contributed by atoms with Crippen molar-refractivity contribution in [3.05, 3.63) is 66.0 Å². The van der Waals surface area contributed by atoms with Crippen LogP contribution in [0.5, 0.6) is 0 Å². The number of aromatic nitrogens is 2. The lowest BCUT2D eigenvalue weighted by atomic mass is 10.1. The molecule has 0 unspecified atom stereocenters. The zero-order chi connectivity index (χ0) is 17.9. The third-order valence-electron chi connectivity index (χ3n) is 4.74.